The van der Waals surface area contributed by atoms with Crippen LogP contribution in [-0.4, -0.2) is 15.9 Å². The molecule has 0 unspecified atom stereocenters. The summed E-state index contributed by atoms with van der Waals surface area (Å²) in [6.07, 6.45) is 3.87. The smallest absolute Gasteiger partial charge is 0.186 e. The van der Waals surface area contributed by atoms with Crippen LogP contribution in [0.2, 0.25) is 0 Å². The predicted molar refractivity (Wildman–Crippen MR) is 74.5 cm³/mol. The molecule has 0 aromatic heterocycles. The Bertz CT molecular complexity index is 427. The maximum atomic E-state index is 10.7. The van der Waals surface area contributed by atoms with Crippen LogP contribution in [-0.2, 0) is 4.79 Å². The molecule has 4 heteroatoms. The summed E-state index contributed by atoms with van der Waals surface area (Å²) in [5, 5.41) is 0.118. The quantitative estimate of drug-likeness (QED) is 0.835. The molecule has 2 N–H and O–H groups in total. The second-order valence-corrected chi connectivity index (χ2v) is 4.79. The van der Waals surface area contributed by atoms with Crippen LogP contribution in [0.1, 0.15) is 18.1 Å². The monoisotopic (exact) mass is 251 g/mol. The Balaban J connectivity index is 2.73. The maximum absolute atomic E-state index is 10.7. The van der Waals surface area contributed by atoms with E-state index in [9.17, 15) is 4.79 Å². The molecule has 1 aromatic carbocycles. The molecule has 0 heterocycles. The van der Waals surface area contributed by atoms with Gasteiger partial charge < -0.3 is 5.73 Å². The van der Waals surface area contributed by atoms with Crippen LogP contribution in [0, 0.1) is 0 Å². The van der Waals surface area contributed by atoms with Crippen molar-refractivity contribution in [1.82, 2.24) is 0 Å². The Morgan fingerprint density at radius 2 is 2.19 bits per heavy atom. The number of carbonyl (C=O) groups is 1. The van der Waals surface area contributed by atoms with Crippen molar-refractivity contribution >= 4 is 40.2 Å². The number of nitrogens with two attached hydrogens (primary N) is 1. The highest BCUT2D eigenvalue weighted by atomic mass is 32.2. The molecule has 1 rings (SSSR count). The number of thioether (sulfide) groups is 1. The molecule has 16 heavy (non-hydrogen) atoms. The molecule has 0 bridgehead atoms. The molecule has 0 radical (unpaired) electrons. The summed E-state index contributed by atoms with van der Waals surface area (Å²) in [6, 6.07) is 7.67. The second-order valence-electron chi connectivity index (χ2n) is 3.16. The molecular formula is C12H13NOS2. The van der Waals surface area contributed by atoms with E-state index in [4.69, 9.17) is 18.0 Å². The molecule has 1 aromatic rings. The van der Waals surface area contributed by atoms with E-state index in [1.54, 1.807) is 6.92 Å². The molecule has 2 nitrogen and oxygen atoms in total. The molecule has 84 valence electrons. The van der Waals surface area contributed by atoms with Crippen molar-refractivity contribution < 1.29 is 4.79 Å². The number of thiocarbonyl (C=S) groups is 1. The Kier molecular flexibility index (Phi) is 5.22. The normalized spacial score (nSPS) is 10.6. The highest BCUT2D eigenvalue weighted by molar-refractivity contribution is 8.13. The van der Waals surface area contributed by atoms with E-state index in [1.165, 1.54) is 11.8 Å². The zero-order valence-electron chi connectivity index (χ0n) is 8.97. The van der Waals surface area contributed by atoms with Crippen molar-refractivity contribution in [2.24, 2.45) is 5.73 Å². The summed E-state index contributed by atoms with van der Waals surface area (Å²) in [5.74, 6) is 0.668. The van der Waals surface area contributed by atoms with Gasteiger partial charge in [0, 0.05) is 18.2 Å². The van der Waals surface area contributed by atoms with Gasteiger partial charge in [0.1, 0.15) is 4.99 Å². The molecule has 0 fully saturated rings. The number of hydrogen-bond donors (Lipinski definition) is 1. The minimum Gasteiger partial charge on any atom is -0.389 e. The largest absolute Gasteiger partial charge is 0.389 e. The summed E-state index contributed by atoms with van der Waals surface area (Å²) >= 11 is 6.23. The molecule has 0 spiro atoms. The van der Waals surface area contributed by atoms with E-state index in [0.29, 0.717) is 10.7 Å². The number of hydrogen-bond acceptors (Lipinski definition) is 3. The Morgan fingerprint density at radius 3 is 2.81 bits per heavy atom. The fourth-order valence-corrected chi connectivity index (χ4v) is 1.82. The maximum Gasteiger partial charge on any atom is 0.186 e. The molecular weight excluding hydrogens is 238 g/mol. The van der Waals surface area contributed by atoms with E-state index in [-0.39, 0.29) is 5.12 Å². The topological polar surface area (TPSA) is 43.1 Å². The molecule has 0 amide bonds. The van der Waals surface area contributed by atoms with Gasteiger partial charge in [-0.3, -0.25) is 4.79 Å². The van der Waals surface area contributed by atoms with Gasteiger partial charge in [0.25, 0.3) is 0 Å². The summed E-state index contributed by atoms with van der Waals surface area (Å²) in [4.78, 5) is 11.1. The van der Waals surface area contributed by atoms with Gasteiger partial charge in [0.2, 0.25) is 0 Å². The van der Waals surface area contributed by atoms with Gasteiger partial charge in [-0.15, -0.1) is 0 Å². The van der Waals surface area contributed by atoms with Crippen molar-refractivity contribution in [2.45, 2.75) is 6.92 Å². The third kappa shape index (κ3) is 4.16. The molecule has 0 aliphatic heterocycles. The van der Waals surface area contributed by atoms with E-state index in [2.05, 4.69) is 0 Å². The zero-order chi connectivity index (χ0) is 12.0. The average Bonchev–Trinajstić information content (AvgIpc) is 2.24. The van der Waals surface area contributed by atoms with Gasteiger partial charge in [-0.2, -0.15) is 0 Å². The van der Waals surface area contributed by atoms with Crippen molar-refractivity contribution in [3.63, 3.8) is 0 Å². The van der Waals surface area contributed by atoms with Crippen molar-refractivity contribution in [1.29, 1.82) is 0 Å². The van der Waals surface area contributed by atoms with Crippen LogP contribution in [0.3, 0.4) is 0 Å². The first-order valence-electron chi connectivity index (χ1n) is 4.80. The average molecular weight is 251 g/mol. The fourth-order valence-electron chi connectivity index (χ4n) is 1.21. The molecule has 0 aliphatic carbocycles. The number of benzene rings is 1. The van der Waals surface area contributed by atoms with Crippen molar-refractivity contribution in [2.75, 3.05) is 5.75 Å². The standard InChI is InChI=1S/C12H13NOS2/c1-9(14)16-8-4-6-10-5-2-3-7-11(10)12(13)15/h2-7H,8H2,1H3,(H2,13,15). The first-order valence-corrected chi connectivity index (χ1v) is 6.19. The first kappa shape index (κ1) is 12.9. The van der Waals surface area contributed by atoms with E-state index >= 15 is 0 Å². The van der Waals surface area contributed by atoms with Crippen LogP contribution in [0.5, 0.6) is 0 Å². The number of rotatable bonds is 4. The lowest BCUT2D eigenvalue weighted by atomic mass is 10.1. The summed E-state index contributed by atoms with van der Waals surface area (Å²) in [5.41, 5.74) is 7.45. The van der Waals surface area contributed by atoms with Gasteiger partial charge in [0.05, 0.1) is 0 Å². The minimum atomic E-state index is 0.118. The predicted octanol–water partition coefficient (Wildman–Crippen LogP) is 2.61. The first-order chi connectivity index (χ1) is 7.61. The number of carbonyl (C=O) groups excluding carboxylic acids is 1. The summed E-state index contributed by atoms with van der Waals surface area (Å²) in [7, 11) is 0. The van der Waals surface area contributed by atoms with Gasteiger partial charge >= 0.3 is 0 Å². The minimum absolute atomic E-state index is 0.118. The SMILES string of the molecule is CC(=O)SCC=Cc1ccccc1C(N)=S. The fraction of sp³-hybridized carbons (Fsp3) is 0.167. The molecule has 0 aliphatic rings. The van der Waals surface area contributed by atoms with Crippen LogP contribution < -0.4 is 5.73 Å². The van der Waals surface area contributed by atoms with Gasteiger partial charge in [-0.25, -0.2) is 0 Å². The summed E-state index contributed by atoms with van der Waals surface area (Å²) < 4.78 is 0. The van der Waals surface area contributed by atoms with Crippen molar-refractivity contribution in [3.05, 3.63) is 41.5 Å². The van der Waals surface area contributed by atoms with Crippen molar-refractivity contribution in [3.8, 4) is 0 Å². The Hall–Kier alpha value is -1.13. The van der Waals surface area contributed by atoms with E-state index in [0.717, 1.165) is 11.1 Å². The Labute approximate surface area is 105 Å². The Morgan fingerprint density at radius 1 is 1.50 bits per heavy atom. The lowest BCUT2D eigenvalue weighted by Gasteiger charge is -2.02. The molecule has 0 saturated heterocycles. The lowest BCUT2D eigenvalue weighted by molar-refractivity contribution is -0.109. The zero-order valence-corrected chi connectivity index (χ0v) is 10.6. The third-order valence-electron chi connectivity index (χ3n) is 1.91. The van der Waals surface area contributed by atoms with E-state index in [1.807, 2.05) is 36.4 Å². The van der Waals surface area contributed by atoms with Crippen LogP contribution >= 0.6 is 24.0 Å². The van der Waals surface area contributed by atoms with Gasteiger partial charge in [-0.1, -0.05) is 60.4 Å². The highest BCUT2D eigenvalue weighted by Crippen LogP contribution is 2.11. The van der Waals surface area contributed by atoms with Crippen LogP contribution in [0.4, 0.5) is 0 Å². The second kappa shape index (κ2) is 6.45. The summed E-state index contributed by atoms with van der Waals surface area (Å²) in [6.45, 7) is 1.56. The molecule has 0 atom stereocenters. The van der Waals surface area contributed by atoms with Crippen LogP contribution in [0.25, 0.3) is 6.08 Å². The van der Waals surface area contributed by atoms with Gasteiger partial charge in [-0.05, 0) is 5.56 Å². The molecule has 0 saturated carbocycles. The highest BCUT2D eigenvalue weighted by Gasteiger charge is 2.00. The van der Waals surface area contributed by atoms with Crippen LogP contribution in [0.15, 0.2) is 30.3 Å². The lowest BCUT2D eigenvalue weighted by Crippen LogP contribution is -2.10. The van der Waals surface area contributed by atoms with Gasteiger partial charge in [0.15, 0.2) is 5.12 Å². The van der Waals surface area contributed by atoms with E-state index < -0.39 is 0 Å². The third-order valence-corrected chi connectivity index (χ3v) is 2.89.